The Labute approximate surface area is 581 Å². The molecule has 12 N–H and O–H groups in total. The van der Waals surface area contributed by atoms with E-state index in [9.17, 15) is 74.8 Å². The first-order chi connectivity index (χ1) is 47.4. The molecule has 0 bridgehead atoms. The van der Waals surface area contributed by atoms with Gasteiger partial charge in [-0.2, -0.15) is 0 Å². The van der Waals surface area contributed by atoms with E-state index in [2.05, 4.69) is 48.8 Å². The van der Waals surface area contributed by atoms with Gasteiger partial charge in [0.25, 0.3) is 0 Å². The fourth-order valence-corrected chi connectivity index (χ4v) is 12.3. The fourth-order valence-electron chi connectivity index (χ4n) is 11.4. The molecule has 3 fully saturated rings. The number of rotatable bonds is 58. The molecule has 98 heavy (non-hydrogen) atoms. The van der Waals surface area contributed by atoms with Crippen molar-refractivity contribution in [1.29, 1.82) is 0 Å². The van der Waals surface area contributed by atoms with E-state index < -0.39 is 144 Å². The van der Waals surface area contributed by atoms with Crippen LogP contribution in [0.25, 0.3) is 0 Å². The van der Waals surface area contributed by atoms with Gasteiger partial charge in [0.15, 0.2) is 25.0 Å². The quantitative estimate of drug-likeness (QED) is 0.0145. The summed E-state index contributed by atoms with van der Waals surface area (Å²) >= 11 is 0. The van der Waals surface area contributed by atoms with Crippen molar-refractivity contribution in [2.24, 2.45) is 0 Å². The van der Waals surface area contributed by atoms with Crippen molar-refractivity contribution in [3.8, 4) is 0 Å². The number of amides is 2. The molecule has 3 rings (SSSR count). The zero-order valence-corrected chi connectivity index (χ0v) is 59.6. The molecule has 28 nitrogen and oxygen atoms in total. The lowest BCUT2D eigenvalue weighted by molar-refractivity contribution is -0.379. The Morgan fingerprint density at radius 2 is 0.847 bits per heavy atom. The number of aliphatic hydroxyl groups is 10. The molecular weight excluding hydrogens is 1300 g/mol. The van der Waals surface area contributed by atoms with Crippen molar-refractivity contribution in [2.75, 3.05) is 66.4 Å². The van der Waals surface area contributed by atoms with Gasteiger partial charge in [-0.3, -0.25) is 32.7 Å². The molecule has 3 heterocycles. The van der Waals surface area contributed by atoms with Crippen LogP contribution in [0.2, 0.25) is 0 Å². The maximum absolute atomic E-state index is 13.5. The smallest absolute Gasteiger partial charge is 0.462 e. The number of carbonyl (C=O) groups is 4. The molecule has 572 valence electrons. The minimum atomic E-state index is -4.23. The molecule has 0 saturated carbocycles. The normalized spacial score (nSPS) is 26.9. The Hall–Kier alpha value is -3.17. The molecule has 0 radical (unpaired) electrons. The van der Waals surface area contributed by atoms with E-state index in [1.165, 1.54) is 77.0 Å². The van der Waals surface area contributed by atoms with Gasteiger partial charge in [-0.05, 0) is 83.5 Å². The van der Waals surface area contributed by atoms with E-state index in [0.29, 0.717) is 25.7 Å². The molecule has 0 spiro atoms. The van der Waals surface area contributed by atoms with Gasteiger partial charge in [-0.1, -0.05) is 141 Å². The third kappa shape index (κ3) is 36.8. The Balaban J connectivity index is 1.33. The standard InChI is InChI=1S/C69H125N2O26P/c1-4-6-8-10-12-14-16-18-20-22-24-26-28-30-32-39-56(77)89-48-50(92-57(78)40-33-31-29-27-25-23-21-19-17-15-13-11-9-7-5-2)49-91-98(86,87-3)90-44-42-71-55(76)38-35-34-37-54(75)70-41-36-43-88-67-63(84)60(81)65(52(46-73)94-67)97-69-64(85)61(82)66(53(47-74)95-69)96-68-62(83)59(80)58(79)51(45-72)93-68/h18-21,50-53,58-69,72-74,79-85H,4-17,22-49H2,1-3H3,(H,70,75)(H,71,76)/b20-18+,21-19+/t50-,51?,52?,53?,58+,59+,60-,61-,62?,63?,64?,65-,66+,67-,68-,69+,98?/m1/s1. The van der Waals surface area contributed by atoms with Crippen molar-refractivity contribution in [1.82, 2.24) is 10.6 Å². The summed E-state index contributed by atoms with van der Waals surface area (Å²) in [7, 11) is -3.10. The maximum atomic E-state index is 13.5. The van der Waals surface area contributed by atoms with Gasteiger partial charge in [0.2, 0.25) is 11.8 Å². The lowest BCUT2D eigenvalue weighted by atomic mass is 9.96. The molecule has 7 unspecified atom stereocenters. The molecule has 2 amide bonds. The number of hydrogen-bond acceptors (Lipinski definition) is 26. The van der Waals surface area contributed by atoms with E-state index in [0.717, 1.165) is 84.2 Å². The summed E-state index contributed by atoms with van der Waals surface area (Å²) in [5, 5.41) is 110. The van der Waals surface area contributed by atoms with Crippen LogP contribution in [-0.2, 0) is 75.2 Å². The van der Waals surface area contributed by atoms with E-state index in [1.807, 2.05) is 0 Å². The van der Waals surface area contributed by atoms with E-state index in [4.69, 9.17) is 51.5 Å². The van der Waals surface area contributed by atoms with Crippen molar-refractivity contribution >= 4 is 31.6 Å². The van der Waals surface area contributed by atoms with Gasteiger partial charge in [0, 0.05) is 45.9 Å². The molecule has 0 aromatic rings. The van der Waals surface area contributed by atoms with Crippen molar-refractivity contribution in [3.63, 3.8) is 0 Å². The molecule has 17 atom stereocenters. The van der Waals surface area contributed by atoms with Gasteiger partial charge in [0.05, 0.1) is 39.6 Å². The van der Waals surface area contributed by atoms with Crippen LogP contribution in [0, 0.1) is 0 Å². The summed E-state index contributed by atoms with van der Waals surface area (Å²) < 4.78 is 74.2. The van der Waals surface area contributed by atoms with Crippen LogP contribution in [-0.4, -0.2) is 239 Å². The van der Waals surface area contributed by atoms with E-state index >= 15 is 0 Å². The Morgan fingerprint density at radius 1 is 0.439 bits per heavy atom. The maximum Gasteiger partial charge on any atom is 0.474 e. The number of esters is 2. The summed E-state index contributed by atoms with van der Waals surface area (Å²) in [5.41, 5.74) is 0. The third-order valence-corrected chi connectivity index (χ3v) is 18.8. The second-order valence-corrected chi connectivity index (χ2v) is 27.4. The minimum absolute atomic E-state index is 0.0637. The Bertz CT molecular complexity index is 2180. The predicted octanol–water partition coefficient (Wildman–Crippen LogP) is 5.95. The van der Waals surface area contributed by atoms with Crippen LogP contribution in [0.1, 0.15) is 226 Å². The second-order valence-electron chi connectivity index (χ2n) is 25.7. The molecule has 3 aliphatic heterocycles. The summed E-state index contributed by atoms with van der Waals surface area (Å²) in [4.78, 5) is 51.1. The average Bonchev–Trinajstić information content (AvgIpc) is 0.782. The number of unbranched alkanes of at least 4 members (excludes halogenated alkanes) is 23. The fraction of sp³-hybridized carbons (Fsp3) is 0.884. The van der Waals surface area contributed by atoms with Gasteiger partial charge < -0.3 is 99.6 Å². The molecule has 0 aliphatic carbocycles. The highest BCUT2D eigenvalue weighted by Crippen LogP contribution is 2.48. The molecular formula is C69H125N2O26P. The van der Waals surface area contributed by atoms with Crippen LogP contribution in [0.15, 0.2) is 24.3 Å². The van der Waals surface area contributed by atoms with Gasteiger partial charge in [0.1, 0.15) is 79.9 Å². The summed E-state index contributed by atoms with van der Waals surface area (Å²) in [6.07, 6.45) is 13.1. The number of ether oxygens (including phenoxy) is 8. The number of phosphoric acid groups is 1. The third-order valence-electron chi connectivity index (χ3n) is 17.4. The summed E-state index contributed by atoms with van der Waals surface area (Å²) in [6.45, 7) is 0.948. The van der Waals surface area contributed by atoms with E-state index in [-0.39, 0.29) is 76.8 Å². The molecule has 0 aromatic carbocycles. The zero-order chi connectivity index (χ0) is 71.8. The first-order valence-electron chi connectivity index (χ1n) is 36.5. The summed E-state index contributed by atoms with van der Waals surface area (Å²) in [6, 6.07) is 0. The predicted molar refractivity (Wildman–Crippen MR) is 360 cm³/mol. The van der Waals surface area contributed by atoms with Gasteiger partial charge >= 0.3 is 19.8 Å². The highest BCUT2D eigenvalue weighted by atomic mass is 31.2. The summed E-state index contributed by atoms with van der Waals surface area (Å²) in [5.74, 6) is -1.62. The lowest BCUT2D eigenvalue weighted by Gasteiger charge is -2.48. The van der Waals surface area contributed by atoms with Crippen LogP contribution < -0.4 is 10.6 Å². The largest absolute Gasteiger partial charge is 0.474 e. The molecule has 3 saturated heterocycles. The number of allylic oxidation sites excluding steroid dienone is 4. The zero-order valence-electron chi connectivity index (χ0n) is 58.7. The SMILES string of the molecule is CCCCCCCC/C=C/CCCCCCCC(=O)OC[C@H](COP(=O)(OC)OCCNC(=O)CCCCC(=O)NCCCO[C@@H]1OC(CO)[C@@H](O[C@@H]2OC(CO)[C@H](O[C@H]3OC(CO)[C@H](O)[C@H](O)C3O)[C@H](O)C2O)[C@H](O)C1O)OC(=O)CCCCCCC/C=C/CCCCCCCC. The number of carbonyl (C=O) groups excluding carboxylic acids is 4. The number of aliphatic hydroxyl groups excluding tert-OH is 10. The van der Waals surface area contributed by atoms with E-state index in [1.54, 1.807) is 0 Å². The Kier molecular flexibility index (Phi) is 49.5. The second kappa shape index (κ2) is 54.5. The van der Waals surface area contributed by atoms with Crippen LogP contribution in [0.3, 0.4) is 0 Å². The lowest BCUT2D eigenvalue weighted by Crippen LogP contribution is -2.66. The highest BCUT2D eigenvalue weighted by Gasteiger charge is 2.53. The molecule has 29 heteroatoms. The topological polar surface area (TPSA) is 413 Å². The van der Waals surface area contributed by atoms with Crippen molar-refractivity contribution in [3.05, 3.63) is 24.3 Å². The van der Waals surface area contributed by atoms with Crippen molar-refractivity contribution in [2.45, 2.75) is 324 Å². The highest BCUT2D eigenvalue weighted by molar-refractivity contribution is 7.48. The first kappa shape index (κ1) is 89.0. The Morgan fingerprint density at radius 3 is 1.33 bits per heavy atom. The van der Waals surface area contributed by atoms with Gasteiger partial charge in [-0.15, -0.1) is 0 Å². The number of nitrogens with one attached hydrogen (secondary N) is 2. The minimum Gasteiger partial charge on any atom is -0.462 e. The molecule has 3 aliphatic rings. The van der Waals surface area contributed by atoms with Crippen LogP contribution in [0.5, 0.6) is 0 Å². The van der Waals surface area contributed by atoms with Crippen molar-refractivity contribution < 1.29 is 126 Å². The van der Waals surface area contributed by atoms with Crippen LogP contribution in [0.4, 0.5) is 0 Å². The first-order valence-corrected chi connectivity index (χ1v) is 37.9. The molecule has 0 aromatic heterocycles. The number of phosphoric ester groups is 1. The number of hydrogen-bond donors (Lipinski definition) is 12. The monoisotopic (exact) mass is 1430 g/mol. The van der Waals surface area contributed by atoms with Gasteiger partial charge in [-0.25, -0.2) is 4.57 Å². The van der Waals surface area contributed by atoms with Crippen LogP contribution >= 0.6 is 7.82 Å². The average molecular weight is 1430 g/mol.